The van der Waals surface area contributed by atoms with E-state index in [-0.39, 0.29) is 23.0 Å². The van der Waals surface area contributed by atoms with Gasteiger partial charge >= 0.3 is 5.69 Å². The van der Waals surface area contributed by atoms with Crippen molar-refractivity contribution in [2.75, 3.05) is 42.9 Å². The molecule has 0 bridgehead atoms. The molecule has 10 nitrogen and oxygen atoms in total. The fraction of sp³-hybridized carbons (Fsp3) is 0.368. The number of nitrogens with one attached hydrogen (secondary N) is 2. The van der Waals surface area contributed by atoms with Gasteiger partial charge in [-0.15, -0.1) is 0 Å². The van der Waals surface area contributed by atoms with Crippen LogP contribution in [0.3, 0.4) is 0 Å². The summed E-state index contributed by atoms with van der Waals surface area (Å²) in [6, 6.07) is 4.02. The molecule has 0 aliphatic carbocycles. The highest BCUT2D eigenvalue weighted by molar-refractivity contribution is 6.31. The molecule has 0 unspecified atom stereocenters. The van der Waals surface area contributed by atoms with Crippen LogP contribution >= 0.6 is 11.6 Å². The number of piperazine rings is 1. The summed E-state index contributed by atoms with van der Waals surface area (Å²) in [6.07, 6.45) is 0. The van der Waals surface area contributed by atoms with Gasteiger partial charge in [-0.1, -0.05) is 11.6 Å². The van der Waals surface area contributed by atoms with Gasteiger partial charge in [-0.3, -0.25) is 23.6 Å². The minimum Gasteiger partial charge on any atom is -0.340 e. The van der Waals surface area contributed by atoms with Gasteiger partial charge in [0.1, 0.15) is 5.82 Å². The van der Waals surface area contributed by atoms with Crippen molar-refractivity contribution in [2.45, 2.75) is 0 Å². The summed E-state index contributed by atoms with van der Waals surface area (Å²) in [4.78, 5) is 48.1. The standard InChI is InChI=1S/C19H21ClFN7O3/c1-25-16-15(17(30)26(2)19(25)31)23-18(24-16)28-7-5-27(6-8-28)10-14(29)22-11-3-4-13(21)12(20)9-11/h3-4,9H,5-8,10H2,1-2H3,(H,22,29)(H,23,24). The number of imidazole rings is 1. The number of H-pyrrole nitrogens is 1. The van der Waals surface area contributed by atoms with E-state index in [9.17, 15) is 18.8 Å². The number of carbonyl (C=O) groups is 1. The summed E-state index contributed by atoms with van der Waals surface area (Å²) in [7, 11) is 2.99. The average Bonchev–Trinajstić information content (AvgIpc) is 3.19. The fourth-order valence-corrected chi connectivity index (χ4v) is 3.74. The highest BCUT2D eigenvalue weighted by Crippen LogP contribution is 2.19. The number of nitrogens with zero attached hydrogens (tertiary/aromatic N) is 5. The highest BCUT2D eigenvalue weighted by Gasteiger charge is 2.23. The lowest BCUT2D eigenvalue weighted by atomic mass is 10.3. The van der Waals surface area contributed by atoms with E-state index in [1.54, 1.807) is 7.05 Å². The minimum atomic E-state index is -0.542. The number of anilines is 2. The molecule has 3 heterocycles. The second kappa shape index (κ2) is 8.16. The van der Waals surface area contributed by atoms with Crippen LogP contribution in [0.2, 0.25) is 5.02 Å². The number of hydrogen-bond acceptors (Lipinski definition) is 6. The molecule has 1 saturated heterocycles. The molecule has 1 fully saturated rings. The van der Waals surface area contributed by atoms with Crippen LogP contribution in [-0.4, -0.2) is 62.6 Å². The number of rotatable bonds is 4. The Kier molecular flexibility index (Phi) is 5.54. The molecule has 1 aliphatic heterocycles. The van der Waals surface area contributed by atoms with Gasteiger partial charge in [-0.2, -0.15) is 4.98 Å². The van der Waals surface area contributed by atoms with Crippen LogP contribution < -0.4 is 21.5 Å². The summed E-state index contributed by atoms with van der Waals surface area (Å²) in [5.74, 6) is -0.254. The Morgan fingerprint density at radius 1 is 1.19 bits per heavy atom. The number of hydrogen-bond donors (Lipinski definition) is 2. The molecule has 4 rings (SSSR count). The first-order chi connectivity index (χ1) is 14.7. The number of amides is 1. The van der Waals surface area contributed by atoms with E-state index >= 15 is 0 Å². The largest absolute Gasteiger partial charge is 0.340 e. The number of fused-ring (bicyclic) bond motifs is 1. The first-order valence-electron chi connectivity index (χ1n) is 9.62. The number of aromatic nitrogens is 4. The summed E-state index contributed by atoms with van der Waals surface area (Å²) < 4.78 is 15.6. The summed E-state index contributed by atoms with van der Waals surface area (Å²) in [6.45, 7) is 2.56. The Balaban J connectivity index is 1.39. The monoisotopic (exact) mass is 449 g/mol. The van der Waals surface area contributed by atoms with Crippen molar-refractivity contribution in [3.8, 4) is 0 Å². The predicted octanol–water partition coefficient (Wildman–Crippen LogP) is 0.514. The Morgan fingerprint density at radius 3 is 2.58 bits per heavy atom. The van der Waals surface area contributed by atoms with E-state index in [0.717, 1.165) is 4.57 Å². The molecule has 12 heteroatoms. The van der Waals surface area contributed by atoms with Crippen LogP contribution in [0.1, 0.15) is 0 Å². The lowest BCUT2D eigenvalue weighted by molar-refractivity contribution is -0.117. The molecule has 2 aromatic heterocycles. The van der Waals surface area contributed by atoms with E-state index in [1.165, 1.54) is 29.8 Å². The van der Waals surface area contributed by atoms with E-state index in [0.29, 0.717) is 43.5 Å². The van der Waals surface area contributed by atoms with Crippen molar-refractivity contribution < 1.29 is 9.18 Å². The zero-order chi connectivity index (χ0) is 22.3. The summed E-state index contributed by atoms with van der Waals surface area (Å²) in [5, 5.41) is 2.66. The third-order valence-electron chi connectivity index (χ3n) is 5.32. The normalized spacial score (nSPS) is 14.9. The second-order valence-corrected chi connectivity index (χ2v) is 7.81. The molecule has 0 saturated carbocycles. The van der Waals surface area contributed by atoms with E-state index in [2.05, 4.69) is 15.3 Å². The Bertz CT molecular complexity index is 1270. The fourth-order valence-electron chi connectivity index (χ4n) is 3.56. The SMILES string of the molecule is Cn1c(=O)c2[nH]c(N3CCN(CC(=O)Nc4ccc(F)c(Cl)c4)CC3)nc2n(C)c1=O. The second-order valence-electron chi connectivity index (χ2n) is 7.41. The Morgan fingerprint density at radius 2 is 1.90 bits per heavy atom. The quantitative estimate of drug-likeness (QED) is 0.601. The third kappa shape index (κ3) is 4.06. The zero-order valence-corrected chi connectivity index (χ0v) is 17.7. The number of benzene rings is 1. The predicted molar refractivity (Wildman–Crippen MR) is 115 cm³/mol. The Labute approximate surface area is 180 Å². The first kappa shape index (κ1) is 21.1. The minimum absolute atomic E-state index is 0.0513. The average molecular weight is 450 g/mol. The molecule has 1 aromatic carbocycles. The molecule has 31 heavy (non-hydrogen) atoms. The van der Waals surface area contributed by atoms with Gasteiger partial charge in [-0.05, 0) is 18.2 Å². The lowest BCUT2D eigenvalue weighted by Crippen LogP contribution is -2.49. The van der Waals surface area contributed by atoms with Gasteiger partial charge in [-0.25, -0.2) is 9.18 Å². The number of halogens is 2. The van der Waals surface area contributed by atoms with Gasteiger partial charge in [0.25, 0.3) is 5.56 Å². The van der Waals surface area contributed by atoms with Gasteiger partial charge in [0.15, 0.2) is 11.2 Å². The van der Waals surface area contributed by atoms with Crippen LogP contribution in [0.25, 0.3) is 11.2 Å². The van der Waals surface area contributed by atoms with Crippen molar-refractivity contribution in [2.24, 2.45) is 14.1 Å². The molecule has 164 valence electrons. The molecule has 0 spiro atoms. The number of aryl methyl sites for hydroxylation is 1. The lowest BCUT2D eigenvalue weighted by Gasteiger charge is -2.34. The van der Waals surface area contributed by atoms with Crippen molar-refractivity contribution in [1.82, 2.24) is 24.0 Å². The molecule has 3 aromatic rings. The number of carbonyl (C=O) groups excluding carboxylic acids is 1. The maximum Gasteiger partial charge on any atom is 0.332 e. The molecule has 0 radical (unpaired) electrons. The smallest absolute Gasteiger partial charge is 0.332 e. The molecule has 2 N–H and O–H groups in total. The van der Waals surface area contributed by atoms with Gasteiger partial charge in [0.2, 0.25) is 11.9 Å². The molecule has 1 aliphatic rings. The van der Waals surface area contributed by atoms with Gasteiger partial charge in [0, 0.05) is 46.0 Å². The topological polar surface area (TPSA) is 108 Å². The third-order valence-corrected chi connectivity index (χ3v) is 5.61. The maximum absolute atomic E-state index is 13.2. The van der Waals surface area contributed by atoms with Crippen LogP contribution in [0.4, 0.5) is 16.0 Å². The van der Waals surface area contributed by atoms with E-state index in [1.807, 2.05) is 9.80 Å². The van der Waals surface area contributed by atoms with Crippen molar-refractivity contribution >= 4 is 40.3 Å². The van der Waals surface area contributed by atoms with E-state index in [4.69, 9.17) is 11.6 Å². The molecular weight excluding hydrogens is 429 g/mol. The van der Waals surface area contributed by atoms with Crippen molar-refractivity contribution in [3.05, 3.63) is 49.9 Å². The molecule has 0 atom stereocenters. The van der Waals surface area contributed by atoms with Crippen LogP contribution in [0.5, 0.6) is 0 Å². The van der Waals surface area contributed by atoms with Crippen LogP contribution in [-0.2, 0) is 18.9 Å². The van der Waals surface area contributed by atoms with Crippen LogP contribution in [0.15, 0.2) is 27.8 Å². The van der Waals surface area contributed by atoms with Crippen molar-refractivity contribution in [1.29, 1.82) is 0 Å². The van der Waals surface area contributed by atoms with Crippen molar-refractivity contribution in [3.63, 3.8) is 0 Å². The maximum atomic E-state index is 13.2. The Hall–Kier alpha value is -3.18. The first-order valence-corrected chi connectivity index (χ1v) is 10.0. The van der Waals surface area contributed by atoms with E-state index < -0.39 is 17.1 Å². The molecule has 1 amide bonds. The van der Waals surface area contributed by atoms with Crippen LogP contribution in [0, 0.1) is 5.82 Å². The zero-order valence-electron chi connectivity index (χ0n) is 17.0. The van der Waals surface area contributed by atoms with Gasteiger partial charge < -0.3 is 15.2 Å². The summed E-state index contributed by atoms with van der Waals surface area (Å²) >= 11 is 5.74. The number of aromatic amines is 1. The summed E-state index contributed by atoms with van der Waals surface area (Å²) in [5.41, 5.74) is 0.161. The molecular formula is C19H21ClFN7O3. The highest BCUT2D eigenvalue weighted by atomic mass is 35.5. The van der Waals surface area contributed by atoms with Gasteiger partial charge in [0.05, 0.1) is 11.6 Å².